The van der Waals surface area contributed by atoms with Crippen molar-refractivity contribution >= 4 is 9.84 Å². The summed E-state index contributed by atoms with van der Waals surface area (Å²) in [5.74, 6) is 0.628. The lowest BCUT2D eigenvalue weighted by atomic mass is 10.2. The minimum Gasteiger partial charge on any atom is -0.229 e. The van der Waals surface area contributed by atoms with Crippen molar-refractivity contribution in [1.29, 1.82) is 0 Å². The zero-order chi connectivity index (χ0) is 12.6. The quantitative estimate of drug-likeness (QED) is 0.667. The third-order valence-corrected chi connectivity index (χ3v) is 4.59. The summed E-state index contributed by atoms with van der Waals surface area (Å²) in [6.07, 6.45) is 4.75. The molecule has 0 saturated heterocycles. The van der Waals surface area contributed by atoms with Gasteiger partial charge >= 0.3 is 0 Å². The second-order valence-corrected chi connectivity index (χ2v) is 6.75. The Morgan fingerprint density at radius 1 is 0.941 bits per heavy atom. The third-order valence-electron chi connectivity index (χ3n) is 2.85. The molecule has 2 nitrogen and oxygen atoms in total. The van der Waals surface area contributed by atoms with Crippen molar-refractivity contribution in [3.05, 3.63) is 35.9 Å². The van der Waals surface area contributed by atoms with Crippen molar-refractivity contribution in [2.45, 2.75) is 39.0 Å². The highest BCUT2D eigenvalue weighted by atomic mass is 32.2. The van der Waals surface area contributed by atoms with Crippen LogP contribution in [0.1, 0.15) is 38.2 Å². The van der Waals surface area contributed by atoms with Crippen LogP contribution in [-0.4, -0.2) is 19.9 Å². The van der Waals surface area contributed by atoms with Gasteiger partial charge in [0.2, 0.25) is 0 Å². The fourth-order valence-corrected chi connectivity index (χ4v) is 3.16. The average Bonchev–Trinajstić information content (AvgIpc) is 2.34. The predicted octanol–water partition coefficient (Wildman–Crippen LogP) is 3.22. The normalized spacial score (nSPS) is 11.6. The van der Waals surface area contributed by atoms with E-state index in [9.17, 15) is 8.42 Å². The first-order chi connectivity index (χ1) is 8.14. The molecule has 0 bridgehead atoms. The molecule has 0 aliphatic carbocycles. The molecule has 0 fully saturated rings. The van der Waals surface area contributed by atoms with Gasteiger partial charge in [0.05, 0.1) is 11.5 Å². The Hall–Kier alpha value is -0.830. The standard InChI is InChI=1S/C14H22O2S/c1-2-3-4-8-12-17(15,16)13-11-14-9-6-5-7-10-14/h5-7,9-10H,2-4,8,11-13H2,1H3. The van der Waals surface area contributed by atoms with E-state index in [1.807, 2.05) is 30.3 Å². The van der Waals surface area contributed by atoms with Crippen molar-refractivity contribution in [1.82, 2.24) is 0 Å². The Morgan fingerprint density at radius 3 is 2.29 bits per heavy atom. The van der Waals surface area contributed by atoms with Gasteiger partial charge in [-0.05, 0) is 18.4 Å². The molecule has 3 heteroatoms. The van der Waals surface area contributed by atoms with Crippen LogP contribution < -0.4 is 0 Å². The van der Waals surface area contributed by atoms with E-state index < -0.39 is 9.84 Å². The zero-order valence-electron chi connectivity index (χ0n) is 10.6. The first-order valence-electron chi connectivity index (χ1n) is 6.38. The smallest absolute Gasteiger partial charge is 0.150 e. The molecule has 0 aliphatic rings. The molecule has 17 heavy (non-hydrogen) atoms. The van der Waals surface area contributed by atoms with Gasteiger partial charge < -0.3 is 0 Å². The van der Waals surface area contributed by atoms with Gasteiger partial charge in [-0.15, -0.1) is 0 Å². The lowest BCUT2D eigenvalue weighted by molar-refractivity contribution is 0.588. The van der Waals surface area contributed by atoms with Gasteiger partial charge in [0.15, 0.2) is 9.84 Å². The van der Waals surface area contributed by atoms with Crippen LogP contribution in [0.15, 0.2) is 30.3 Å². The minimum absolute atomic E-state index is 0.281. The van der Waals surface area contributed by atoms with Gasteiger partial charge in [-0.25, -0.2) is 8.42 Å². The van der Waals surface area contributed by atoms with Crippen LogP contribution in [0, 0.1) is 0 Å². The number of sulfone groups is 1. The highest BCUT2D eigenvalue weighted by molar-refractivity contribution is 7.91. The van der Waals surface area contributed by atoms with E-state index in [-0.39, 0.29) is 5.75 Å². The van der Waals surface area contributed by atoms with Gasteiger partial charge in [0, 0.05) is 0 Å². The molecule has 0 unspecified atom stereocenters. The Morgan fingerprint density at radius 2 is 1.65 bits per heavy atom. The summed E-state index contributed by atoms with van der Waals surface area (Å²) in [6, 6.07) is 9.80. The third kappa shape index (κ3) is 6.47. The SMILES string of the molecule is CCCCCCS(=O)(=O)CCc1ccccc1. The minimum atomic E-state index is -2.86. The summed E-state index contributed by atoms with van der Waals surface area (Å²) >= 11 is 0. The maximum atomic E-state index is 11.8. The zero-order valence-corrected chi connectivity index (χ0v) is 11.4. The molecule has 0 atom stereocenters. The van der Waals surface area contributed by atoms with E-state index >= 15 is 0 Å². The Bertz CT molecular complexity index is 395. The topological polar surface area (TPSA) is 34.1 Å². The predicted molar refractivity (Wildman–Crippen MR) is 72.9 cm³/mol. The van der Waals surface area contributed by atoms with E-state index in [1.54, 1.807) is 0 Å². The van der Waals surface area contributed by atoms with Crippen LogP contribution in [0.2, 0.25) is 0 Å². The van der Waals surface area contributed by atoms with Gasteiger partial charge in [0.25, 0.3) is 0 Å². The maximum Gasteiger partial charge on any atom is 0.150 e. The van der Waals surface area contributed by atoms with Gasteiger partial charge in [-0.1, -0.05) is 56.5 Å². The number of hydrogen-bond donors (Lipinski definition) is 0. The lowest BCUT2D eigenvalue weighted by Crippen LogP contribution is -2.13. The molecule has 0 radical (unpaired) electrons. The van der Waals surface area contributed by atoms with Gasteiger partial charge in [-0.2, -0.15) is 0 Å². The first-order valence-corrected chi connectivity index (χ1v) is 8.20. The van der Waals surface area contributed by atoms with Crippen LogP contribution in [-0.2, 0) is 16.3 Å². The molecular formula is C14H22O2S. The molecule has 0 amide bonds. The van der Waals surface area contributed by atoms with E-state index in [4.69, 9.17) is 0 Å². The highest BCUT2D eigenvalue weighted by Crippen LogP contribution is 2.06. The van der Waals surface area contributed by atoms with Crippen molar-refractivity contribution in [3.8, 4) is 0 Å². The van der Waals surface area contributed by atoms with Crippen molar-refractivity contribution < 1.29 is 8.42 Å². The monoisotopic (exact) mass is 254 g/mol. The highest BCUT2D eigenvalue weighted by Gasteiger charge is 2.10. The first kappa shape index (κ1) is 14.2. The number of rotatable bonds is 8. The van der Waals surface area contributed by atoms with Crippen molar-refractivity contribution in [2.75, 3.05) is 11.5 Å². The second-order valence-electron chi connectivity index (χ2n) is 4.45. The number of hydrogen-bond acceptors (Lipinski definition) is 2. The van der Waals surface area contributed by atoms with Gasteiger partial charge in [0.1, 0.15) is 0 Å². The fraction of sp³-hybridized carbons (Fsp3) is 0.571. The van der Waals surface area contributed by atoms with E-state index in [2.05, 4.69) is 6.92 Å². The molecule has 1 aromatic carbocycles. The van der Waals surface area contributed by atoms with E-state index in [0.29, 0.717) is 12.2 Å². The Kier molecular flexibility index (Phi) is 6.27. The summed E-state index contributed by atoms with van der Waals surface area (Å²) in [7, 11) is -2.86. The average molecular weight is 254 g/mol. The lowest BCUT2D eigenvalue weighted by Gasteiger charge is -2.04. The summed E-state index contributed by atoms with van der Waals surface area (Å²) in [4.78, 5) is 0. The summed E-state index contributed by atoms with van der Waals surface area (Å²) in [5.41, 5.74) is 1.10. The molecule has 0 N–H and O–H groups in total. The Balaban J connectivity index is 2.30. The van der Waals surface area contributed by atoms with Crippen LogP contribution in [0.3, 0.4) is 0 Å². The van der Waals surface area contributed by atoms with E-state index in [0.717, 1.165) is 31.2 Å². The molecule has 0 heterocycles. The molecule has 0 aromatic heterocycles. The van der Waals surface area contributed by atoms with Crippen molar-refractivity contribution in [2.24, 2.45) is 0 Å². The second kappa shape index (κ2) is 7.49. The van der Waals surface area contributed by atoms with Crippen LogP contribution in [0.25, 0.3) is 0 Å². The summed E-state index contributed by atoms with van der Waals surface area (Å²) < 4.78 is 23.5. The maximum absolute atomic E-state index is 11.8. The summed E-state index contributed by atoms with van der Waals surface area (Å²) in [6.45, 7) is 2.13. The van der Waals surface area contributed by atoms with Crippen LogP contribution in [0.4, 0.5) is 0 Å². The van der Waals surface area contributed by atoms with E-state index in [1.165, 1.54) is 0 Å². The molecule has 0 aliphatic heterocycles. The molecule has 1 rings (SSSR count). The Labute approximate surface area is 105 Å². The van der Waals surface area contributed by atoms with Gasteiger partial charge in [-0.3, -0.25) is 0 Å². The van der Waals surface area contributed by atoms with Crippen LogP contribution >= 0.6 is 0 Å². The fourth-order valence-electron chi connectivity index (χ4n) is 1.77. The molecule has 1 aromatic rings. The van der Waals surface area contributed by atoms with Crippen LogP contribution in [0.5, 0.6) is 0 Å². The number of aryl methyl sites for hydroxylation is 1. The molecular weight excluding hydrogens is 232 g/mol. The number of benzene rings is 1. The molecule has 0 saturated carbocycles. The largest absolute Gasteiger partial charge is 0.229 e. The molecule has 96 valence electrons. The summed E-state index contributed by atoms with van der Waals surface area (Å²) in [5, 5.41) is 0. The van der Waals surface area contributed by atoms with Crippen molar-refractivity contribution in [3.63, 3.8) is 0 Å². The number of unbranched alkanes of at least 4 members (excludes halogenated alkanes) is 3. The molecule has 0 spiro atoms.